The van der Waals surface area contributed by atoms with Crippen molar-refractivity contribution < 1.29 is 0 Å². The van der Waals surface area contributed by atoms with Crippen LogP contribution in [0.1, 0.15) is 100 Å². The molecule has 3 aliphatic heterocycles. The van der Waals surface area contributed by atoms with Crippen LogP contribution in [0.2, 0.25) is 0 Å². The molecule has 0 radical (unpaired) electrons. The third-order valence-electron chi connectivity index (χ3n) is 6.20. The van der Waals surface area contributed by atoms with Crippen LogP contribution in [0.4, 0.5) is 0 Å². The van der Waals surface area contributed by atoms with Gasteiger partial charge in [-0.25, -0.2) is 0 Å². The first-order valence-electron chi connectivity index (χ1n) is 13.8. The highest BCUT2D eigenvalue weighted by Crippen LogP contribution is 2.40. The van der Waals surface area contributed by atoms with Crippen molar-refractivity contribution in [3.05, 3.63) is 70.5 Å². The Morgan fingerprint density at radius 1 is 1.14 bits per heavy atom. The van der Waals surface area contributed by atoms with E-state index in [1.54, 1.807) is 17.5 Å². The summed E-state index contributed by atoms with van der Waals surface area (Å²) in [4.78, 5) is 10.9. The average molecular weight is 496 g/mol. The van der Waals surface area contributed by atoms with Gasteiger partial charge in [0.05, 0.1) is 11.4 Å². The number of hydrogen-bond donors (Lipinski definition) is 1. The Morgan fingerprint density at radius 2 is 1.86 bits per heavy atom. The van der Waals surface area contributed by atoms with Gasteiger partial charge >= 0.3 is 0 Å². The van der Waals surface area contributed by atoms with E-state index < -0.39 is 0 Å². The minimum absolute atomic E-state index is 0.205. The summed E-state index contributed by atoms with van der Waals surface area (Å²) in [5.41, 5.74) is 7.61. The molecule has 0 aromatic rings. The van der Waals surface area contributed by atoms with Gasteiger partial charge in [0.1, 0.15) is 0 Å². The first kappa shape index (κ1) is 31.1. The highest BCUT2D eigenvalue weighted by atomic mass is 32.2. The summed E-state index contributed by atoms with van der Waals surface area (Å²) in [6.45, 7) is 20.6. The van der Waals surface area contributed by atoms with Gasteiger partial charge in [-0.05, 0) is 73.8 Å². The Morgan fingerprint density at radius 3 is 2.43 bits per heavy atom. The van der Waals surface area contributed by atoms with Gasteiger partial charge in [0.2, 0.25) is 0 Å². The van der Waals surface area contributed by atoms with Gasteiger partial charge in [0, 0.05) is 35.7 Å². The molecule has 35 heavy (non-hydrogen) atoms. The first-order valence-corrected chi connectivity index (χ1v) is 14.6. The molecule has 1 N–H and O–H groups in total. The molecule has 3 heterocycles. The van der Waals surface area contributed by atoms with Crippen molar-refractivity contribution in [1.82, 2.24) is 4.72 Å². The summed E-state index contributed by atoms with van der Waals surface area (Å²) in [7, 11) is 0. The monoisotopic (exact) mass is 495 g/mol. The van der Waals surface area contributed by atoms with Crippen molar-refractivity contribution >= 4 is 23.4 Å². The van der Waals surface area contributed by atoms with E-state index in [2.05, 4.69) is 57.2 Å². The molecular weight excluding hydrogens is 446 g/mol. The van der Waals surface area contributed by atoms with Crippen LogP contribution in [0.15, 0.2) is 80.5 Å². The van der Waals surface area contributed by atoms with E-state index in [4.69, 9.17) is 9.98 Å². The number of rotatable bonds is 6. The van der Waals surface area contributed by atoms with E-state index in [1.807, 2.05) is 46.2 Å². The number of nitrogens with one attached hydrogen (secondary N) is 1. The van der Waals surface area contributed by atoms with E-state index in [1.165, 1.54) is 54.6 Å². The molecule has 0 saturated carbocycles. The van der Waals surface area contributed by atoms with Crippen molar-refractivity contribution in [3.63, 3.8) is 0 Å². The molecular formula is C31H49N3S. The lowest BCUT2D eigenvalue weighted by molar-refractivity contribution is 0.687. The zero-order valence-electron chi connectivity index (χ0n) is 23.6. The van der Waals surface area contributed by atoms with Crippen LogP contribution >= 0.6 is 11.9 Å². The molecule has 2 unspecified atom stereocenters. The maximum atomic E-state index is 4.75. The Kier molecular flexibility index (Phi) is 15.6. The third-order valence-corrected chi connectivity index (χ3v) is 7.28. The zero-order valence-corrected chi connectivity index (χ0v) is 24.4. The molecule has 0 spiro atoms. The highest BCUT2D eigenvalue weighted by molar-refractivity contribution is 8.01. The number of fused-ring (bicyclic) bond motifs is 1. The maximum Gasteiger partial charge on any atom is 0.0735 e. The van der Waals surface area contributed by atoms with Crippen LogP contribution in [0.25, 0.3) is 0 Å². The van der Waals surface area contributed by atoms with Crippen LogP contribution in [0, 0.1) is 5.92 Å². The molecule has 0 fully saturated rings. The number of nitrogens with zero attached hydrogens (tertiary/aromatic N) is 2. The SMILES string of the molecule is C=C/C(=C\C)C1=CN=C2C(CC3=C(C4=CCCCC4)C(C)NS3)=NC=CC12.CC.CC.CCCC. The third kappa shape index (κ3) is 8.32. The summed E-state index contributed by atoms with van der Waals surface area (Å²) in [5, 5.41) is 0. The Bertz CT molecular complexity index is 894. The van der Waals surface area contributed by atoms with Crippen LogP contribution in [0.3, 0.4) is 0 Å². The first-order chi connectivity index (χ1) is 17.1. The van der Waals surface area contributed by atoms with Crippen molar-refractivity contribution in [3.8, 4) is 0 Å². The number of allylic oxidation sites excluding steroid dienone is 7. The number of unbranched alkanes of at least 4 members (excludes halogenated alkanes) is 1. The molecule has 0 saturated heterocycles. The molecule has 0 bridgehead atoms. The second-order valence-corrected chi connectivity index (χ2v) is 9.30. The molecule has 0 amide bonds. The topological polar surface area (TPSA) is 36.8 Å². The molecule has 2 atom stereocenters. The predicted molar refractivity (Wildman–Crippen MR) is 161 cm³/mol. The van der Waals surface area contributed by atoms with Crippen LogP contribution < -0.4 is 4.72 Å². The summed E-state index contributed by atoms with van der Waals surface area (Å²) >= 11 is 1.78. The van der Waals surface area contributed by atoms with Crippen molar-refractivity contribution in [2.24, 2.45) is 15.9 Å². The van der Waals surface area contributed by atoms with E-state index in [9.17, 15) is 0 Å². The summed E-state index contributed by atoms with van der Waals surface area (Å²) < 4.78 is 3.56. The molecule has 4 rings (SSSR count). The van der Waals surface area contributed by atoms with Crippen LogP contribution in [0.5, 0.6) is 0 Å². The lowest BCUT2D eigenvalue weighted by atomic mass is 9.85. The van der Waals surface area contributed by atoms with Crippen molar-refractivity contribution in [2.45, 2.75) is 106 Å². The predicted octanol–water partition coefficient (Wildman–Crippen LogP) is 9.68. The molecule has 0 aromatic carbocycles. The standard InChI is InChI=1S/C23H27N3S.C4H10.2C2H6/c1-4-16(5-2)19-14-25-23-18(19)11-12-24-20(23)13-21-22(15(3)26-27-21)17-9-7-6-8-10-17;1-3-4-2;2*1-2/h4-5,9,11-12,14-15,18,26H,1,6-8,10,13H2,2-3H3;3-4H2,1-2H3;2*1-2H3/b16-5+;;;. The Labute approximate surface area is 220 Å². The number of hydrogen-bond acceptors (Lipinski definition) is 4. The Hall–Kier alpha value is -1.91. The summed E-state index contributed by atoms with van der Waals surface area (Å²) in [6.07, 6.45) is 21.1. The van der Waals surface area contributed by atoms with Gasteiger partial charge in [0.15, 0.2) is 0 Å². The summed E-state index contributed by atoms with van der Waals surface area (Å²) in [6, 6.07) is 0.402. The van der Waals surface area contributed by atoms with Gasteiger partial charge in [-0.2, -0.15) is 0 Å². The largest absolute Gasteiger partial charge is 0.259 e. The second-order valence-electron chi connectivity index (χ2n) is 8.37. The van der Waals surface area contributed by atoms with Gasteiger partial charge in [-0.3, -0.25) is 14.7 Å². The van der Waals surface area contributed by atoms with E-state index >= 15 is 0 Å². The maximum absolute atomic E-state index is 4.75. The fourth-order valence-electron chi connectivity index (χ4n) is 4.31. The fourth-order valence-corrected chi connectivity index (χ4v) is 5.38. The average Bonchev–Trinajstić information content (AvgIpc) is 3.52. The highest BCUT2D eigenvalue weighted by Gasteiger charge is 2.32. The minimum atomic E-state index is 0.205. The van der Waals surface area contributed by atoms with Gasteiger partial charge in [0.25, 0.3) is 0 Å². The van der Waals surface area contributed by atoms with Gasteiger partial charge < -0.3 is 0 Å². The smallest absolute Gasteiger partial charge is 0.0735 e. The normalized spacial score (nSPS) is 22.7. The van der Waals surface area contributed by atoms with Gasteiger partial charge in [-0.15, -0.1) is 0 Å². The minimum Gasteiger partial charge on any atom is -0.259 e. The lowest BCUT2D eigenvalue weighted by Gasteiger charge is -2.21. The van der Waals surface area contributed by atoms with Crippen molar-refractivity contribution in [1.29, 1.82) is 0 Å². The molecule has 194 valence electrons. The molecule has 1 aliphatic carbocycles. The fraction of sp³-hybridized carbons (Fsp3) is 0.548. The summed E-state index contributed by atoms with van der Waals surface area (Å²) in [5.74, 6) is 0.205. The molecule has 0 aromatic heterocycles. The molecule has 4 heteroatoms. The Balaban J connectivity index is 0.000000684. The van der Waals surface area contributed by atoms with Crippen LogP contribution in [-0.4, -0.2) is 17.5 Å². The van der Waals surface area contributed by atoms with E-state index in [0.29, 0.717) is 6.04 Å². The molecule has 4 aliphatic rings. The van der Waals surface area contributed by atoms with Crippen LogP contribution in [-0.2, 0) is 0 Å². The quantitative estimate of drug-likeness (QED) is 0.294. The van der Waals surface area contributed by atoms with E-state index in [0.717, 1.165) is 23.4 Å². The van der Waals surface area contributed by atoms with E-state index in [-0.39, 0.29) is 5.92 Å². The number of aliphatic imine (C=N–C) groups is 2. The van der Waals surface area contributed by atoms with Gasteiger partial charge in [-0.1, -0.05) is 85.3 Å². The van der Waals surface area contributed by atoms with Crippen molar-refractivity contribution in [2.75, 3.05) is 0 Å². The zero-order chi connectivity index (χ0) is 26.2. The molecule has 3 nitrogen and oxygen atoms in total. The lowest BCUT2D eigenvalue weighted by Crippen LogP contribution is -2.24. The second kappa shape index (κ2) is 17.5.